The summed E-state index contributed by atoms with van der Waals surface area (Å²) in [4.78, 5) is 2.58. The highest BCUT2D eigenvalue weighted by Crippen LogP contribution is 2.50. The third-order valence-corrected chi connectivity index (χ3v) is 4.73. The van der Waals surface area contributed by atoms with E-state index in [-0.39, 0.29) is 0 Å². The van der Waals surface area contributed by atoms with Gasteiger partial charge < -0.3 is 10.2 Å². The van der Waals surface area contributed by atoms with E-state index >= 15 is 0 Å². The summed E-state index contributed by atoms with van der Waals surface area (Å²) >= 11 is 0. The average Bonchev–Trinajstić information content (AvgIpc) is 2.14. The van der Waals surface area contributed by atoms with Crippen molar-refractivity contribution in [3.63, 3.8) is 0 Å². The second kappa shape index (κ2) is 3.21. The number of piperidine rings is 2. The molecule has 2 aliphatic heterocycles. The van der Waals surface area contributed by atoms with Crippen molar-refractivity contribution in [3.05, 3.63) is 0 Å². The molecule has 2 heteroatoms. The molecule has 1 N–H and O–H groups in total. The summed E-state index contributed by atoms with van der Waals surface area (Å²) in [5, 5.41) is 3.81. The van der Waals surface area contributed by atoms with E-state index in [2.05, 4.69) is 17.3 Å². The fourth-order valence-corrected chi connectivity index (χ4v) is 4.07. The van der Waals surface area contributed by atoms with E-state index in [4.69, 9.17) is 0 Å². The third-order valence-electron chi connectivity index (χ3n) is 4.73. The predicted molar refractivity (Wildman–Crippen MR) is 58.3 cm³/mol. The van der Waals surface area contributed by atoms with Crippen LogP contribution in [0.25, 0.3) is 0 Å². The molecule has 0 radical (unpaired) electrons. The average molecular weight is 194 g/mol. The van der Waals surface area contributed by atoms with Crippen LogP contribution in [0.5, 0.6) is 0 Å². The molecule has 3 fully saturated rings. The van der Waals surface area contributed by atoms with Crippen LogP contribution < -0.4 is 5.32 Å². The molecule has 2 saturated heterocycles. The summed E-state index contributed by atoms with van der Waals surface area (Å²) in [6.45, 7) is 3.95. The summed E-state index contributed by atoms with van der Waals surface area (Å²) in [5.74, 6) is 0.947. The van der Waals surface area contributed by atoms with E-state index in [1.165, 1.54) is 51.7 Å². The van der Waals surface area contributed by atoms with Crippen LogP contribution in [0, 0.1) is 11.3 Å². The van der Waals surface area contributed by atoms with Crippen molar-refractivity contribution in [2.45, 2.75) is 38.1 Å². The normalized spacial score (nSPS) is 41.8. The molecule has 2 heterocycles. The van der Waals surface area contributed by atoms with Gasteiger partial charge in [0, 0.05) is 19.1 Å². The summed E-state index contributed by atoms with van der Waals surface area (Å²) in [6, 6.07) is 0.862. The predicted octanol–water partition coefficient (Wildman–Crippen LogP) is 1.47. The van der Waals surface area contributed by atoms with E-state index in [1.54, 1.807) is 0 Å². The number of hydrogen-bond acceptors (Lipinski definition) is 2. The molecular formula is C12H22N2. The summed E-state index contributed by atoms with van der Waals surface area (Å²) in [7, 11) is 2.31. The largest absolute Gasteiger partial charge is 0.313 e. The third kappa shape index (κ3) is 1.24. The topological polar surface area (TPSA) is 15.3 Å². The van der Waals surface area contributed by atoms with Gasteiger partial charge in [0.25, 0.3) is 0 Å². The smallest absolute Gasteiger partial charge is 0.0176 e. The van der Waals surface area contributed by atoms with Crippen molar-refractivity contribution in [1.82, 2.24) is 10.2 Å². The van der Waals surface area contributed by atoms with E-state index in [1.807, 2.05) is 0 Å². The van der Waals surface area contributed by atoms with Crippen LogP contribution in [0.1, 0.15) is 32.1 Å². The minimum Gasteiger partial charge on any atom is -0.313 e. The van der Waals surface area contributed by atoms with Crippen LogP contribution in [0.3, 0.4) is 0 Å². The lowest BCUT2D eigenvalue weighted by atomic mass is 9.57. The van der Waals surface area contributed by atoms with Crippen LogP contribution in [-0.2, 0) is 0 Å². The van der Waals surface area contributed by atoms with Gasteiger partial charge in [-0.25, -0.2) is 0 Å². The van der Waals surface area contributed by atoms with Gasteiger partial charge in [0.1, 0.15) is 0 Å². The van der Waals surface area contributed by atoms with Gasteiger partial charge in [-0.1, -0.05) is 6.42 Å². The van der Waals surface area contributed by atoms with Gasteiger partial charge in [0.05, 0.1) is 0 Å². The van der Waals surface area contributed by atoms with Crippen molar-refractivity contribution in [1.29, 1.82) is 0 Å². The Hall–Kier alpha value is -0.0800. The monoisotopic (exact) mass is 194 g/mol. The molecule has 0 aromatic carbocycles. The highest BCUT2D eigenvalue weighted by molar-refractivity contribution is 5.06. The number of hydrogen-bond donors (Lipinski definition) is 1. The quantitative estimate of drug-likeness (QED) is 0.628. The van der Waals surface area contributed by atoms with Crippen molar-refractivity contribution in [2.24, 2.45) is 11.3 Å². The minimum atomic E-state index is 0.679. The van der Waals surface area contributed by atoms with Gasteiger partial charge in [0.2, 0.25) is 0 Å². The molecule has 1 saturated carbocycles. The molecule has 2 nitrogen and oxygen atoms in total. The maximum atomic E-state index is 3.81. The first-order valence-electron chi connectivity index (χ1n) is 6.22. The molecule has 2 atom stereocenters. The van der Waals surface area contributed by atoms with Gasteiger partial charge in [0.15, 0.2) is 0 Å². The SMILES string of the molecule is CN1CC2CCCNC2C2(CCC2)C1. The molecule has 80 valence electrons. The molecule has 3 aliphatic rings. The molecular weight excluding hydrogens is 172 g/mol. The highest BCUT2D eigenvalue weighted by atomic mass is 15.2. The summed E-state index contributed by atoms with van der Waals surface area (Å²) < 4.78 is 0. The Bertz CT molecular complexity index is 222. The number of fused-ring (bicyclic) bond motifs is 2. The van der Waals surface area contributed by atoms with Crippen LogP contribution in [0.2, 0.25) is 0 Å². The summed E-state index contributed by atoms with van der Waals surface area (Å²) in [5.41, 5.74) is 0.679. The number of nitrogens with zero attached hydrogens (tertiary/aromatic N) is 1. The lowest BCUT2D eigenvalue weighted by Crippen LogP contribution is -2.65. The van der Waals surface area contributed by atoms with Gasteiger partial charge in [-0.2, -0.15) is 0 Å². The highest BCUT2D eigenvalue weighted by Gasteiger charge is 2.51. The molecule has 1 spiro atoms. The molecule has 0 aromatic rings. The Morgan fingerprint density at radius 3 is 2.86 bits per heavy atom. The molecule has 3 rings (SSSR count). The Balaban J connectivity index is 1.82. The van der Waals surface area contributed by atoms with Crippen molar-refractivity contribution in [3.8, 4) is 0 Å². The van der Waals surface area contributed by atoms with E-state index in [0.29, 0.717) is 5.41 Å². The van der Waals surface area contributed by atoms with Crippen molar-refractivity contribution in [2.75, 3.05) is 26.7 Å². The zero-order valence-corrected chi connectivity index (χ0v) is 9.26. The maximum absolute atomic E-state index is 3.81. The van der Waals surface area contributed by atoms with E-state index in [0.717, 1.165) is 12.0 Å². The minimum absolute atomic E-state index is 0.679. The number of likely N-dealkylation sites (tertiary alicyclic amines) is 1. The molecule has 0 aromatic heterocycles. The molecule has 1 aliphatic carbocycles. The van der Waals surface area contributed by atoms with Crippen molar-refractivity contribution < 1.29 is 0 Å². The van der Waals surface area contributed by atoms with Crippen LogP contribution in [0.15, 0.2) is 0 Å². The zero-order chi connectivity index (χ0) is 9.60. The Morgan fingerprint density at radius 1 is 1.29 bits per heavy atom. The number of nitrogens with one attached hydrogen (secondary N) is 1. The lowest BCUT2D eigenvalue weighted by Gasteiger charge is -2.58. The van der Waals surface area contributed by atoms with Crippen molar-refractivity contribution >= 4 is 0 Å². The maximum Gasteiger partial charge on any atom is 0.0176 e. The molecule has 0 bridgehead atoms. The van der Waals surface area contributed by atoms with Crippen LogP contribution >= 0.6 is 0 Å². The summed E-state index contributed by atoms with van der Waals surface area (Å²) in [6.07, 6.45) is 7.28. The number of rotatable bonds is 0. The van der Waals surface area contributed by atoms with Gasteiger partial charge in [-0.3, -0.25) is 0 Å². The first-order valence-corrected chi connectivity index (χ1v) is 6.22. The zero-order valence-electron chi connectivity index (χ0n) is 9.26. The van der Waals surface area contributed by atoms with E-state index in [9.17, 15) is 0 Å². The standard InChI is InChI=1S/C12H22N2/c1-14-8-10-4-2-7-13-11(10)12(9-14)5-3-6-12/h10-11,13H,2-9H2,1H3. The molecule has 2 unspecified atom stereocenters. The molecule has 0 amide bonds. The fraction of sp³-hybridized carbons (Fsp3) is 1.00. The Kier molecular flexibility index (Phi) is 2.10. The Labute approximate surface area is 87.0 Å². The van der Waals surface area contributed by atoms with E-state index < -0.39 is 0 Å². The first kappa shape index (κ1) is 9.17. The fourth-order valence-electron chi connectivity index (χ4n) is 4.07. The van der Waals surface area contributed by atoms with Gasteiger partial charge in [-0.15, -0.1) is 0 Å². The second-order valence-corrected chi connectivity index (χ2v) is 5.75. The second-order valence-electron chi connectivity index (χ2n) is 5.75. The first-order chi connectivity index (χ1) is 6.80. The van der Waals surface area contributed by atoms with Crippen LogP contribution in [0.4, 0.5) is 0 Å². The Morgan fingerprint density at radius 2 is 2.14 bits per heavy atom. The lowest BCUT2D eigenvalue weighted by molar-refractivity contribution is -0.0481. The molecule has 14 heavy (non-hydrogen) atoms. The van der Waals surface area contributed by atoms with Gasteiger partial charge >= 0.3 is 0 Å². The van der Waals surface area contributed by atoms with Crippen LogP contribution in [-0.4, -0.2) is 37.6 Å². The van der Waals surface area contributed by atoms with Gasteiger partial charge in [-0.05, 0) is 50.6 Å².